The molecule has 1 fully saturated rings. The molecule has 1 N–H and O–H groups in total. The molecule has 1 aliphatic heterocycles. The van der Waals surface area contributed by atoms with Gasteiger partial charge in [0, 0.05) is 25.3 Å². The maximum Gasteiger partial charge on any atom is 0.496 e. The van der Waals surface area contributed by atoms with Crippen LogP contribution < -0.4 is 10.2 Å². The van der Waals surface area contributed by atoms with Gasteiger partial charge in [-0.1, -0.05) is 30.3 Å². The Morgan fingerprint density at radius 2 is 1.72 bits per heavy atom. The molecule has 1 aromatic carbocycles. The second-order valence-corrected chi connectivity index (χ2v) is 9.78. The standard InChI is InChI=1S/C20H27BN2O5S/c1-19(2)20(3,4)28-21(27-19)16-11-18(17(14-26-5)22-13-16)29(24,25)23-12-15-9-7-6-8-10-15/h6-11,13,23H,12,14H2,1-5H3. The van der Waals surface area contributed by atoms with Gasteiger partial charge in [-0.2, -0.15) is 0 Å². The molecular formula is C20H27BN2O5S. The number of methoxy groups -OCH3 is 1. The number of benzene rings is 1. The number of sulfonamides is 1. The van der Waals surface area contributed by atoms with Gasteiger partial charge in [0.15, 0.2) is 0 Å². The van der Waals surface area contributed by atoms with Crippen molar-refractivity contribution in [2.24, 2.45) is 0 Å². The Morgan fingerprint density at radius 1 is 1.10 bits per heavy atom. The Kier molecular flexibility index (Phi) is 6.17. The minimum atomic E-state index is -3.82. The summed E-state index contributed by atoms with van der Waals surface area (Å²) in [5.41, 5.74) is 0.664. The molecule has 29 heavy (non-hydrogen) atoms. The van der Waals surface area contributed by atoms with Gasteiger partial charge in [-0.3, -0.25) is 4.98 Å². The average Bonchev–Trinajstić information content (AvgIpc) is 2.89. The third-order valence-corrected chi connectivity index (χ3v) is 6.81. The molecule has 1 aliphatic rings. The topological polar surface area (TPSA) is 86.8 Å². The lowest BCUT2D eigenvalue weighted by atomic mass is 9.80. The monoisotopic (exact) mass is 418 g/mol. The Balaban J connectivity index is 1.91. The lowest BCUT2D eigenvalue weighted by Gasteiger charge is -2.32. The zero-order valence-electron chi connectivity index (χ0n) is 17.4. The van der Waals surface area contributed by atoms with E-state index in [1.807, 2.05) is 58.0 Å². The van der Waals surface area contributed by atoms with E-state index in [9.17, 15) is 8.42 Å². The second-order valence-electron chi connectivity index (χ2n) is 8.04. The van der Waals surface area contributed by atoms with Crippen LogP contribution in [-0.2, 0) is 37.2 Å². The highest BCUT2D eigenvalue weighted by molar-refractivity contribution is 7.89. The maximum atomic E-state index is 13.0. The van der Waals surface area contributed by atoms with Crippen LogP contribution >= 0.6 is 0 Å². The smallest absolute Gasteiger partial charge is 0.399 e. The van der Waals surface area contributed by atoms with Gasteiger partial charge >= 0.3 is 7.12 Å². The molecule has 0 saturated carbocycles. The van der Waals surface area contributed by atoms with Crippen LogP contribution in [0.5, 0.6) is 0 Å². The van der Waals surface area contributed by atoms with Gasteiger partial charge in [0.2, 0.25) is 10.0 Å². The molecule has 156 valence electrons. The van der Waals surface area contributed by atoms with E-state index >= 15 is 0 Å². The molecule has 2 aromatic rings. The molecule has 0 spiro atoms. The van der Waals surface area contributed by atoms with Crippen molar-refractivity contribution in [2.45, 2.75) is 56.9 Å². The van der Waals surface area contributed by atoms with Crippen LogP contribution in [0, 0.1) is 0 Å². The van der Waals surface area contributed by atoms with E-state index in [1.165, 1.54) is 7.11 Å². The van der Waals surface area contributed by atoms with Crippen molar-refractivity contribution in [1.82, 2.24) is 9.71 Å². The van der Waals surface area contributed by atoms with Crippen LogP contribution in [0.1, 0.15) is 39.0 Å². The Morgan fingerprint density at radius 3 is 2.31 bits per heavy atom. The predicted molar refractivity (Wildman–Crippen MR) is 111 cm³/mol. The molecule has 1 saturated heterocycles. The average molecular weight is 418 g/mol. The van der Waals surface area contributed by atoms with Gasteiger partial charge in [-0.25, -0.2) is 13.1 Å². The van der Waals surface area contributed by atoms with Crippen molar-refractivity contribution in [3.63, 3.8) is 0 Å². The zero-order valence-corrected chi connectivity index (χ0v) is 18.2. The SMILES string of the molecule is COCc1ncc(B2OC(C)(C)C(C)(C)O2)cc1S(=O)(=O)NCc1ccccc1. The molecule has 0 atom stereocenters. The molecule has 7 nitrogen and oxygen atoms in total. The third-order valence-electron chi connectivity index (χ3n) is 5.36. The van der Waals surface area contributed by atoms with Crippen LogP contribution in [0.25, 0.3) is 0 Å². The van der Waals surface area contributed by atoms with Crippen LogP contribution in [0.3, 0.4) is 0 Å². The summed E-state index contributed by atoms with van der Waals surface area (Å²) in [6, 6.07) is 10.9. The van der Waals surface area contributed by atoms with E-state index in [0.717, 1.165) is 5.56 Å². The van der Waals surface area contributed by atoms with E-state index in [2.05, 4.69) is 9.71 Å². The molecule has 1 aromatic heterocycles. The van der Waals surface area contributed by atoms with Crippen molar-refractivity contribution >= 4 is 22.6 Å². The highest BCUT2D eigenvalue weighted by Crippen LogP contribution is 2.36. The summed E-state index contributed by atoms with van der Waals surface area (Å²) >= 11 is 0. The fraction of sp³-hybridized carbons (Fsp3) is 0.450. The summed E-state index contributed by atoms with van der Waals surface area (Å²) in [5.74, 6) is 0. The number of ether oxygens (including phenoxy) is 1. The van der Waals surface area contributed by atoms with Crippen LogP contribution in [-0.4, -0.2) is 38.8 Å². The van der Waals surface area contributed by atoms with Gasteiger partial charge in [0.25, 0.3) is 0 Å². The fourth-order valence-corrected chi connectivity index (χ4v) is 4.15. The largest absolute Gasteiger partial charge is 0.496 e. The first-order chi connectivity index (χ1) is 13.6. The Bertz CT molecular complexity index is 948. The summed E-state index contributed by atoms with van der Waals surface area (Å²) in [4.78, 5) is 4.38. The van der Waals surface area contributed by atoms with E-state index in [-0.39, 0.29) is 18.0 Å². The van der Waals surface area contributed by atoms with Crippen LogP contribution in [0.2, 0.25) is 0 Å². The summed E-state index contributed by atoms with van der Waals surface area (Å²) in [6.45, 7) is 8.02. The van der Waals surface area contributed by atoms with Crippen molar-refractivity contribution in [3.05, 3.63) is 53.9 Å². The molecule has 0 aliphatic carbocycles. The highest BCUT2D eigenvalue weighted by atomic mass is 32.2. The molecular weight excluding hydrogens is 391 g/mol. The quantitative estimate of drug-likeness (QED) is 0.693. The number of hydrogen-bond acceptors (Lipinski definition) is 6. The van der Waals surface area contributed by atoms with Crippen molar-refractivity contribution in [3.8, 4) is 0 Å². The van der Waals surface area contributed by atoms with Crippen LogP contribution in [0.15, 0.2) is 47.5 Å². The van der Waals surface area contributed by atoms with E-state index in [4.69, 9.17) is 14.0 Å². The molecule has 0 bridgehead atoms. The summed E-state index contributed by atoms with van der Waals surface area (Å²) in [6.07, 6.45) is 1.58. The highest BCUT2D eigenvalue weighted by Gasteiger charge is 2.52. The fourth-order valence-electron chi connectivity index (χ4n) is 2.93. The minimum absolute atomic E-state index is 0.0579. The Labute approximate surface area is 173 Å². The summed E-state index contributed by atoms with van der Waals surface area (Å²) < 4.78 is 45.9. The lowest BCUT2D eigenvalue weighted by molar-refractivity contribution is 0.00578. The maximum absolute atomic E-state index is 13.0. The van der Waals surface area contributed by atoms with Gasteiger partial charge in [0.05, 0.1) is 23.5 Å². The van der Waals surface area contributed by atoms with Crippen molar-refractivity contribution in [2.75, 3.05) is 7.11 Å². The predicted octanol–water partition coefficient (Wildman–Crippen LogP) is 2.01. The molecule has 0 unspecified atom stereocenters. The summed E-state index contributed by atoms with van der Waals surface area (Å²) in [5, 5.41) is 0. The van der Waals surface area contributed by atoms with Gasteiger partial charge in [0.1, 0.15) is 4.90 Å². The molecule has 0 radical (unpaired) electrons. The first kappa shape index (κ1) is 21.9. The first-order valence-corrected chi connectivity index (χ1v) is 10.9. The van der Waals surface area contributed by atoms with E-state index in [1.54, 1.807) is 12.3 Å². The van der Waals surface area contributed by atoms with E-state index < -0.39 is 28.3 Å². The third kappa shape index (κ3) is 4.70. The molecule has 0 amide bonds. The Hall–Kier alpha value is -1.78. The molecule has 3 rings (SSSR count). The van der Waals surface area contributed by atoms with Crippen molar-refractivity contribution < 1.29 is 22.5 Å². The number of nitrogens with zero attached hydrogens (tertiary/aromatic N) is 1. The number of rotatable bonds is 7. The van der Waals surface area contributed by atoms with E-state index in [0.29, 0.717) is 11.2 Å². The minimum Gasteiger partial charge on any atom is -0.399 e. The number of pyridine rings is 1. The number of hydrogen-bond donors (Lipinski definition) is 1. The second kappa shape index (κ2) is 8.16. The number of nitrogens with one attached hydrogen (secondary N) is 1. The summed E-state index contributed by atoms with van der Waals surface area (Å²) in [7, 11) is -3.03. The number of aromatic nitrogens is 1. The molecule has 2 heterocycles. The van der Waals surface area contributed by atoms with Gasteiger partial charge < -0.3 is 14.0 Å². The molecule has 9 heteroatoms. The lowest BCUT2D eigenvalue weighted by Crippen LogP contribution is -2.41. The van der Waals surface area contributed by atoms with Crippen LogP contribution in [0.4, 0.5) is 0 Å². The van der Waals surface area contributed by atoms with Crippen molar-refractivity contribution in [1.29, 1.82) is 0 Å². The van der Waals surface area contributed by atoms with Gasteiger partial charge in [-0.05, 0) is 39.3 Å². The zero-order chi connectivity index (χ0) is 21.3. The first-order valence-electron chi connectivity index (χ1n) is 9.43. The van der Waals surface area contributed by atoms with Gasteiger partial charge in [-0.15, -0.1) is 0 Å². The normalized spacial score (nSPS) is 18.2.